The third-order valence-corrected chi connectivity index (χ3v) is 6.31. The largest absolute Gasteiger partial charge is 0.481 e. The number of aliphatic hydroxyl groups excluding tert-OH is 1. The van der Waals surface area contributed by atoms with Crippen molar-refractivity contribution in [1.82, 2.24) is 4.90 Å². The van der Waals surface area contributed by atoms with Gasteiger partial charge in [0.25, 0.3) is 0 Å². The van der Waals surface area contributed by atoms with Crippen molar-refractivity contribution in [2.24, 2.45) is 4.99 Å². The number of nitrogens with zero attached hydrogens (tertiary/aromatic N) is 2. The molecule has 2 N–H and O–H groups in total. The van der Waals surface area contributed by atoms with E-state index in [1.807, 2.05) is 6.92 Å². The zero-order valence-corrected chi connectivity index (χ0v) is 19.8. The molecule has 30 heavy (non-hydrogen) atoms. The van der Waals surface area contributed by atoms with E-state index < -0.39 is 12.2 Å². The Morgan fingerprint density at radius 2 is 1.23 bits per heavy atom. The molecule has 0 radical (unpaired) electrons. The Balaban J connectivity index is 1.93. The summed E-state index contributed by atoms with van der Waals surface area (Å²) < 4.78 is 0. The maximum Gasteiger partial charge on any atom is 0.310 e. The van der Waals surface area contributed by atoms with Crippen molar-refractivity contribution in [3.8, 4) is 0 Å². The summed E-state index contributed by atoms with van der Waals surface area (Å²) in [5.41, 5.74) is 0. The molecule has 1 rings (SSSR count). The van der Waals surface area contributed by atoms with Gasteiger partial charge in [-0.3, -0.25) is 9.79 Å². The molecule has 5 heteroatoms. The van der Waals surface area contributed by atoms with Gasteiger partial charge in [-0.05, 0) is 13.3 Å². The summed E-state index contributed by atoms with van der Waals surface area (Å²) in [7, 11) is 0. The minimum absolute atomic E-state index is 0.0969. The van der Waals surface area contributed by atoms with Crippen molar-refractivity contribution in [1.29, 1.82) is 0 Å². The number of hydrogen-bond acceptors (Lipinski definition) is 4. The summed E-state index contributed by atoms with van der Waals surface area (Å²) in [6, 6.07) is -0.161. The smallest absolute Gasteiger partial charge is 0.310 e. The average molecular weight is 425 g/mol. The number of unbranched alkanes of at least 4 members (excludes halogenated alkanes) is 15. The van der Waals surface area contributed by atoms with Crippen LogP contribution in [0.2, 0.25) is 0 Å². The second kappa shape index (κ2) is 17.6. The van der Waals surface area contributed by atoms with Crippen LogP contribution < -0.4 is 0 Å². The first-order chi connectivity index (χ1) is 14.6. The van der Waals surface area contributed by atoms with Gasteiger partial charge in [-0.25, -0.2) is 0 Å². The molecule has 0 amide bonds. The first-order valence-corrected chi connectivity index (χ1v) is 12.8. The lowest BCUT2D eigenvalue weighted by atomic mass is 10.0. The zero-order chi connectivity index (χ0) is 22.0. The van der Waals surface area contributed by atoms with Crippen molar-refractivity contribution in [3.05, 3.63) is 0 Å². The monoisotopic (exact) mass is 424 g/mol. The molecule has 0 saturated heterocycles. The van der Waals surface area contributed by atoms with E-state index in [0.29, 0.717) is 12.4 Å². The minimum atomic E-state index is -0.887. The van der Waals surface area contributed by atoms with E-state index in [1.165, 1.54) is 96.3 Å². The third kappa shape index (κ3) is 11.9. The molecule has 176 valence electrons. The average Bonchev–Trinajstić information content (AvgIpc) is 3.01. The normalized spacial score (nSPS) is 18.8. The standard InChI is InChI=1S/C25H48N2O3/c1-3-5-6-7-8-9-10-11-12-13-14-15-16-17-18-19-20-22-25(30)27(4-2)23(26-22)21-24(28)29/h22,25,30H,3-21H2,1-2H3,(H,28,29)/t22-,25-/m0/s1. The van der Waals surface area contributed by atoms with Gasteiger partial charge in [0.15, 0.2) is 0 Å². The lowest BCUT2D eigenvalue weighted by Gasteiger charge is -2.24. The highest BCUT2D eigenvalue weighted by Gasteiger charge is 2.33. The van der Waals surface area contributed by atoms with Crippen LogP contribution in [-0.4, -0.2) is 45.7 Å². The number of amidine groups is 1. The van der Waals surface area contributed by atoms with Crippen LogP contribution in [0.5, 0.6) is 0 Å². The summed E-state index contributed by atoms with van der Waals surface area (Å²) >= 11 is 0. The molecule has 0 saturated carbocycles. The van der Waals surface area contributed by atoms with Crippen LogP contribution in [0.3, 0.4) is 0 Å². The van der Waals surface area contributed by atoms with Crippen molar-refractivity contribution in [2.45, 2.75) is 142 Å². The first kappa shape index (κ1) is 26.9. The number of aliphatic imine (C=N–C) groups is 1. The van der Waals surface area contributed by atoms with Crippen LogP contribution in [0.15, 0.2) is 4.99 Å². The molecule has 0 aromatic rings. The molecule has 2 atom stereocenters. The van der Waals surface area contributed by atoms with Crippen molar-refractivity contribution in [2.75, 3.05) is 6.54 Å². The second-order valence-electron chi connectivity index (χ2n) is 8.97. The number of aliphatic carboxylic acids is 1. The van der Waals surface area contributed by atoms with E-state index in [0.717, 1.165) is 12.8 Å². The Labute approximate surface area is 185 Å². The molecule has 0 aromatic heterocycles. The molecule has 1 aliphatic rings. The van der Waals surface area contributed by atoms with E-state index in [1.54, 1.807) is 4.90 Å². The molecule has 0 spiro atoms. The fourth-order valence-electron chi connectivity index (χ4n) is 4.46. The molecule has 1 heterocycles. The van der Waals surface area contributed by atoms with E-state index in [-0.39, 0.29) is 12.5 Å². The summed E-state index contributed by atoms with van der Waals surface area (Å²) in [6.07, 6.45) is 21.7. The number of carboxylic acids is 1. The maximum absolute atomic E-state index is 11.0. The van der Waals surface area contributed by atoms with Crippen LogP contribution in [-0.2, 0) is 4.79 Å². The van der Waals surface area contributed by atoms with Gasteiger partial charge in [-0.15, -0.1) is 0 Å². The van der Waals surface area contributed by atoms with Crippen molar-refractivity contribution >= 4 is 11.8 Å². The fraction of sp³-hybridized carbons (Fsp3) is 0.920. The third-order valence-electron chi connectivity index (χ3n) is 6.31. The molecule has 0 bridgehead atoms. The highest BCUT2D eigenvalue weighted by atomic mass is 16.4. The van der Waals surface area contributed by atoms with Gasteiger partial charge in [0.05, 0.1) is 6.04 Å². The lowest BCUT2D eigenvalue weighted by Crippen LogP contribution is -2.40. The van der Waals surface area contributed by atoms with Gasteiger partial charge in [-0.2, -0.15) is 0 Å². The van der Waals surface area contributed by atoms with Crippen LogP contribution in [0.1, 0.15) is 129 Å². The predicted octanol–water partition coefficient (Wildman–Crippen LogP) is 6.53. The van der Waals surface area contributed by atoms with Gasteiger partial charge < -0.3 is 15.1 Å². The Hall–Kier alpha value is -1.10. The molecular weight excluding hydrogens is 376 g/mol. The highest BCUT2D eigenvalue weighted by molar-refractivity contribution is 5.98. The molecule has 0 aromatic carbocycles. The minimum Gasteiger partial charge on any atom is -0.481 e. The molecular formula is C25H48N2O3. The predicted molar refractivity (Wildman–Crippen MR) is 126 cm³/mol. The van der Waals surface area contributed by atoms with Crippen LogP contribution in [0.4, 0.5) is 0 Å². The fourth-order valence-corrected chi connectivity index (χ4v) is 4.46. The van der Waals surface area contributed by atoms with Gasteiger partial charge in [0.2, 0.25) is 0 Å². The number of hydrogen-bond donors (Lipinski definition) is 2. The lowest BCUT2D eigenvalue weighted by molar-refractivity contribution is -0.135. The van der Waals surface area contributed by atoms with Crippen LogP contribution >= 0.6 is 0 Å². The zero-order valence-electron chi connectivity index (χ0n) is 19.8. The van der Waals surface area contributed by atoms with Crippen LogP contribution in [0.25, 0.3) is 0 Å². The Morgan fingerprint density at radius 1 is 0.800 bits per heavy atom. The maximum atomic E-state index is 11.0. The van der Waals surface area contributed by atoms with Gasteiger partial charge in [0.1, 0.15) is 18.5 Å². The summed E-state index contributed by atoms with van der Waals surface area (Å²) in [5.74, 6) is -0.360. The van der Waals surface area contributed by atoms with E-state index in [4.69, 9.17) is 5.11 Å². The molecule has 1 aliphatic heterocycles. The number of likely N-dealkylation sites (N-methyl/N-ethyl adjacent to an activating group) is 1. The SMILES string of the molecule is CCCCCCCCCCCCCCCCCC[C@@H]1N=C(CC(=O)O)N(CC)[C@H]1O. The van der Waals surface area contributed by atoms with Gasteiger partial charge >= 0.3 is 5.97 Å². The highest BCUT2D eigenvalue weighted by Crippen LogP contribution is 2.22. The Bertz CT molecular complexity index is 467. The molecule has 5 nitrogen and oxygen atoms in total. The summed E-state index contributed by atoms with van der Waals surface area (Å²) in [4.78, 5) is 17.2. The van der Waals surface area contributed by atoms with Crippen LogP contribution in [0, 0.1) is 0 Å². The van der Waals surface area contributed by atoms with E-state index in [9.17, 15) is 9.90 Å². The number of rotatable bonds is 20. The van der Waals surface area contributed by atoms with Crippen molar-refractivity contribution in [3.63, 3.8) is 0 Å². The first-order valence-electron chi connectivity index (χ1n) is 12.8. The molecule has 0 fully saturated rings. The second-order valence-corrected chi connectivity index (χ2v) is 8.97. The Kier molecular flexibility index (Phi) is 15.8. The quantitative estimate of drug-likeness (QED) is 0.218. The number of aliphatic hydroxyl groups is 1. The van der Waals surface area contributed by atoms with Gasteiger partial charge in [-0.1, -0.05) is 110 Å². The number of carbonyl (C=O) groups is 1. The summed E-state index contributed by atoms with van der Waals surface area (Å²) in [5, 5.41) is 19.4. The van der Waals surface area contributed by atoms with Gasteiger partial charge in [0, 0.05) is 6.54 Å². The molecule has 0 aliphatic carbocycles. The summed E-state index contributed by atoms with van der Waals surface area (Å²) in [6.45, 7) is 4.80. The number of carboxylic acid groups (broad SMARTS) is 1. The topological polar surface area (TPSA) is 73.1 Å². The van der Waals surface area contributed by atoms with Crippen molar-refractivity contribution < 1.29 is 15.0 Å². The van der Waals surface area contributed by atoms with E-state index >= 15 is 0 Å². The van der Waals surface area contributed by atoms with E-state index in [2.05, 4.69) is 11.9 Å². The Morgan fingerprint density at radius 3 is 1.63 bits per heavy atom. The molecule has 0 unspecified atom stereocenters.